The van der Waals surface area contributed by atoms with Gasteiger partial charge in [-0.05, 0) is 43.7 Å². The van der Waals surface area contributed by atoms with Crippen LogP contribution in [0.4, 0.5) is 11.4 Å². The molecule has 0 aliphatic carbocycles. The molecule has 1 saturated heterocycles. The van der Waals surface area contributed by atoms with Gasteiger partial charge in [0, 0.05) is 35.9 Å². The summed E-state index contributed by atoms with van der Waals surface area (Å²) >= 11 is 1.57. The second-order valence-corrected chi connectivity index (χ2v) is 6.77. The molecule has 0 spiro atoms. The number of aromatic nitrogens is 1. The monoisotopic (exact) mass is 343 g/mol. The van der Waals surface area contributed by atoms with Crippen LogP contribution in [0.5, 0.6) is 0 Å². The van der Waals surface area contributed by atoms with Gasteiger partial charge in [0.05, 0.1) is 23.9 Å². The molecule has 0 saturated carbocycles. The summed E-state index contributed by atoms with van der Waals surface area (Å²) < 4.78 is 5.38. The Morgan fingerprint density at radius 1 is 1.33 bits per heavy atom. The summed E-state index contributed by atoms with van der Waals surface area (Å²) in [6.07, 6.45) is 3.25. The standard InChI is InChI=1S/C18H21N3O2S/c1-13-11-16(21-7-9-23-10-8-21)4-5-17(13)20-18(22)6-3-15-12-24-14(2)19-15/h3-6,11-12H,7-10H2,1-2H3,(H,20,22)/b6-3+. The summed E-state index contributed by atoms with van der Waals surface area (Å²) in [5, 5.41) is 5.85. The van der Waals surface area contributed by atoms with E-state index in [1.54, 1.807) is 17.4 Å². The van der Waals surface area contributed by atoms with Crippen molar-refractivity contribution in [2.45, 2.75) is 13.8 Å². The Kier molecular flexibility index (Phi) is 5.27. The van der Waals surface area contributed by atoms with Gasteiger partial charge in [0.2, 0.25) is 5.91 Å². The fraction of sp³-hybridized carbons (Fsp3) is 0.333. The number of carbonyl (C=O) groups excluding carboxylic acids is 1. The molecule has 0 radical (unpaired) electrons. The van der Waals surface area contributed by atoms with Crippen LogP contribution in [0.2, 0.25) is 0 Å². The van der Waals surface area contributed by atoms with Gasteiger partial charge in [-0.15, -0.1) is 11.3 Å². The van der Waals surface area contributed by atoms with Crippen molar-refractivity contribution >= 4 is 34.7 Å². The van der Waals surface area contributed by atoms with E-state index < -0.39 is 0 Å². The Morgan fingerprint density at radius 2 is 2.12 bits per heavy atom. The third kappa shape index (κ3) is 4.21. The number of benzene rings is 1. The zero-order chi connectivity index (χ0) is 16.9. The molecule has 1 amide bonds. The largest absolute Gasteiger partial charge is 0.378 e. The number of morpholine rings is 1. The highest BCUT2D eigenvalue weighted by atomic mass is 32.1. The maximum absolute atomic E-state index is 12.1. The summed E-state index contributed by atoms with van der Waals surface area (Å²) in [4.78, 5) is 18.7. The van der Waals surface area contributed by atoms with Crippen LogP contribution in [0, 0.1) is 13.8 Å². The van der Waals surface area contributed by atoms with Crippen molar-refractivity contribution in [1.29, 1.82) is 0 Å². The van der Waals surface area contributed by atoms with Crippen LogP contribution in [-0.2, 0) is 9.53 Å². The molecule has 2 aromatic rings. The summed E-state index contributed by atoms with van der Waals surface area (Å²) in [7, 11) is 0. The molecule has 3 rings (SSSR count). The van der Waals surface area contributed by atoms with Gasteiger partial charge >= 0.3 is 0 Å². The zero-order valence-corrected chi connectivity index (χ0v) is 14.7. The molecule has 6 heteroatoms. The fourth-order valence-electron chi connectivity index (χ4n) is 2.60. The van der Waals surface area contributed by atoms with Crippen LogP contribution in [-0.4, -0.2) is 37.2 Å². The third-order valence-electron chi connectivity index (χ3n) is 3.89. The number of amides is 1. The number of aryl methyl sites for hydroxylation is 2. The minimum Gasteiger partial charge on any atom is -0.378 e. The Hall–Kier alpha value is -2.18. The molecule has 5 nitrogen and oxygen atoms in total. The van der Waals surface area contributed by atoms with Crippen molar-refractivity contribution in [3.05, 3.63) is 45.9 Å². The molecule has 24 heavy (non-hydrogen) atoms. The molecule has 1 aromatic carbocycles. The number of nitrogens with one attached hydrogen (secondary N) is 1. The van der Waals surface area contributed by atoms with Crippen molar-refractivity contribution in [2.75, 3.05) is 36.5 Å². The van der Waals surface area contributed by atoms with Crippen molar-refractivity contribution in [3.8, 4) is 0 Å². The Labute approximate surface area is 146 Å². The van der Waals surface area contributed by atoms with Crippen molar-refractivity contribution in [3.63, 3.8) is 0 Å². The fourth-order valence-corrected chi connectivity index (χ4v) is 3.18. The number of rotatable bonds is 4. The minimum absolute atomic E-state index is 0.150. The lowest BCUT2D eigenvalue weighted by atomic mass is 10.1. The van der Waals surface area contributed by atoms with Gasteiger partial charge in [0.25, 0.3) is 0 Å². The normalized spacial score (nSPS) is 15.0. The Balaban J connectivity index is 1.64. The lowest BCUT2D eigenvalue weighted by Crippen LogP contribution is -2.36. The SMILES string of the molecule is Cc1nc(/C=C/C(=O)Nc2ccc(N3CCOCC3)cc2C)cs1. The van der Waals surface area contributed by atoms with Crippen LogP contribution in [0.15, 0.2) is 29.7 Å². The van der Waals surface area contributed by atoms with Gasteiger partial charge in [0.1, 0.15) is 0 Å². The van der Waals surface area contributed by atoms with Gasteiger partial charge in [-0.1, -0.05) is 0 Å². The summed E-state index contributed by atoms with van der Waals surface area (Å²) in [5.41, 5.74) is 3.86. The average Bonchev–Trinajstić information content (AvgIpc) is 3.01. The van der Waals surface area contributed by atoms with Gasteiger partial charge in [-0.2, -0.15) is 0 Å². The Morgan fingerprint density at radius 3 is 2.79 bits per heavy atom. The lowest BCUT2D eigenvalue weighted by molar-refractivity contribution is -0.111. The van der Waals surface area contributed by atoms with Gasteiger partial charge in [-0.25, -0.2) is 4.98 Å². The zero-order valence-electron chi connectivity index (χ0n) is 13.9. The van der Waals surface area contributed by atoms with E-state index in [-0.39, 0.29) is 5.91 Å². The topological polar surface area (TPSA) is 54.5 Å². The molecule has 126 valence electrons. The summed E-state index contributed by atoms with van der Waals surface area (Å²) in [6, 6.07) is 6.11. The Bertz CT molecular complexity index is 748. The predicted octanol–water partition coefficient (Wildman–Crippen LogP) is 3.25. The molecule has 1 aliphatic rings. The highest BCUT2D eigenvalue weighted by molar-refractivity contribution is 7.09. The number of carbonyl (C=O) groups is 1. The highest BCUT2D eigenvalue weighted by Gasteiger charge is 2.12. The van der Waals surface area contributed by atoms with E-state index in [2.05, 4.69) is 21.3 Å². The van der Waals surface area contributed by atoms with Crippen LogP contribution < -0.4 is 10.2 Å². The van der Waals surface area contributed by atoms with E-state index >= 15 is 0 Å². The van der Waals surface area contributed by atoms with Crippen LogP contribution in [0.25, 0.3) is 6.08 Å². The predicted molar refractivity (Wildman–Crippen MR) is 98.7 cm³/mol. The van der Waals surface area contributed by atoms with E-state index in [1.807, 2.05) is 31.4 Å². The highest BCUT2D eigenvalue weighted by Crippen LogP contribution is 2.23. The maximum atomic E-state index is 12.1. The maximum Gasteiger partial charge on any atom is 0.248 e. The first-order valence-corrected chi connectivity index (χ1v) is 8.84. The number of thiazole rings is 1. The van der Waals surface area contributed by atoms with Crippen molar-refractivity contribution in [1.82, 2.24) is 4.98 Å². The number of anilines is 2. The van der Waals surface area contributed by atoms with E-state index in [9.17, 15) is 4.79 Å². The van der Waals surface area contributed by atoms with Crippen LogP contribution in [0.1, 0.15) is 16.3 Å². The number of hydrogen-bond donors (Lipinski definition) is 1. The van der Waals surface area contributed by atoms with E-state index in [1.165, 1.54) is 11.8 Å². The number of nitrogens with zero attached hydrogens (tertiary/aromatic N) is 2. The van der Waals surface area contributed by atoms with Crippen molar-refractivity contribution in [2.24, 2.45) is 0 Å². The molecule has 1 aliphatic heterocycles. The number of hydrogen-bond acceptors (Lipinski definition) is 5. The summed E-state index contributed by atoms with van der Waals surface area (Å²) in [5.74, 6) is -0.150. The molecular formula is C18H21N3O2S. The van der Waals surface area contributed by atoms with Gasteiger partial charge < -0.3 is 15.0 Å². The third-order valence-corrected chi connectivity index (χ3v) is 4.68. The lowest BCUT2D eigenvalue weighted by Gasteiger charge is -2.29. The number of ether oxygens (including phenoxy) is 1. The van der Waals surface area contributed by atoms with Gasteiger partial charge in [-0.3, -0.25) is 4.79 Å². The molecule has 0 bridgehead atoms. The first-order chi connectivity index (χ1) is 11.6. The average molecular weight is 343 g/mol. The molecule has 1 N–H and O–H groups in total. The molecule has 0 atom stereocenters. The molecular weight excluding hydrogens is 322 g/mol. The second-order valence-electron chi connectivity index (χ2n) is 5.71. The van der Waals surface area contributed by atoms with E-state index in [0.717, 1.165) is 48.3 Å². The van der Waals surface area contributed by atoms with E-state index in [4.69, 9.17) is 4.74 Å². The first-order valence-electron chi connectivity index (χ1n) is 7.96. The second kappa shape index (κ2) is 7.59. The quantitative estimate of drug-likeness (QED) is 0.866. The van der Waals surface area contributed by atoms with E-state index in [0.29, 0.717) is 0 Å². The van der Waals surface area contributed by atoms with Crippen LogP contribution in [0.3, 0.4) is 0 Å². The van der Waals surface area contributed by atoms with Crippen molar-refractivity contribution < 1.29 is 9.53 Å². The molecule has 1 fully saturated rings. The summed E-state index contributed by atoms with van der Waals surface area (Å²) in [6.45, 7) is 7.28. The van der Waals surface area contributed by atoms with Crippen LogP contribution >= 0.6 is 11.3 Å². The molecule has 0 unspecified atom stereocenters. The molecule has 1 aromatic heterocycles. The first kappa shape index (κ1) is 16.7. The minimum atomic E-state index is -0.150. The molecule has 2 heterocycles. The van der Waals surface area contributed by atoms with Gasteiger partial charge in [0.15, 0.2) is 0 Å². The smallest absolute Gasteiger partial charge is 0.248 e.